The number of nitrogens with zero attached hydrogens (tertiary/aromatic N) is 4. The first-order chi connectivity index (χ1) is 8.81. The Labute approximate surface area is 109 Å². The summed E-state index contributed by atoms with van der Waals surface area (Å²) in [7, 11) is 0. The van der Waals surface area contributed by atoms with E-state index >= 15 is 0 Å². The van der Waals surface area contributed by atoms with Gasteiger partial charge in [0.25, 0.3) is 0 Å². The molecule has 4 heteroatoms. The molecule has 4 nitrogen and oxygen atoms in total. The number of likely N-dealkylation sites (tertiary alicyclic amines) is 1. The van der Waals surface area contributed by atoms with Crippen LogP contribution in [0.5, 0.6) is 0 Å². The fourth-order valence-electron chi connectivity index (χ4n) is 3.34. The van der Waals surface area contributed by atoms with Crippen LogP contribution in [0.1, 0.15) is 26.2 Å². The molecule has 3 heterocycles. The molecule has 1 aromatic rings. The number of aromatic nitrogens is 2. The van der Waals surface area contributed by atoms with E-state index in [1.54, 1.807) is 0 Å². The highest BCUT2D eigenvalue weighted by molar-refractivity contribution is 5.29. The van der Waals surface area contributed by atoms with Crippen LogP contribution < -0.4 is 4.90 Å². The molecule has 3 rings (SSSR count). The lowest BCUT2D eigenvalue weighted by Crippen LogP contribution is -2.42. The van der Waals surface area contributed by atoms with Crippen LogP contribution in [-0.2, 0) is 0 Å². The maximum atomic E-state index is 4.35. The third-order valence-electron chi connectivity index (χ3n) is 4.62. The standard InChI is InChI=1S/C14H22N4/c1-2-17-9-4-14(12-17)5-10-18(11-6-14)13-15-7-3-8-16-13/h3,7-8H,2,4-6,9-12H2,1H3. The van der Waals surface area contributed by atoms with E-state index in [0.717, 1.165) is 19.0 Å². The minimum Gasteiger partial charge on any atom is -0.341 e. The molecule has 0 aliphatic carbocycles. The van der Waals surface area contributed by atoms with Crippen LogP contribution in [0.2, 0.25) is 0 Å². The van der Waals surface area contributed by atoms with Gasteiger partial charge in [0.1, 0.15) is 0 Å². The molecule has 0 radical (unpaired) electrons. The van der Waals surface area contributed by atoms with Crippen LogP contribution >= 0.6 is 0 Å². The van der Waals surface area contributed by atoms with Crippen molar-refractivity contribution in [2.45, 2.75) is 26.2 Å². The van der Waals surface area contributed by atoms with Crippen LogP contribution in [-0.4, -0.2) is 47.6 Å². The molecule has 0 atom stereocenters. The average Bonchev–Trinajstić information content (AvgIpc) is 2.84. The van der Waals surface area contributed by atoms with E-state index in [9.17, 15) is 0 Å². The normalized spacial score (nSPS) is 23.7. The largest absolute Gasteiger partial charge is 0.341 e. The molecule has 1 spiro atoms. The van der Waals surface area contributed by atoms with Crippen LogP contribution in [0, 0.1) is 5.41 Å². The van der Waals surface area contributed by atoms with E-state index in [4.69, 9.17) is 0 Å². The summed E-state index contributed by atoms with van der Waals surface area (Å²) in [6.07, 6.45) is 7.63. The molecule has 0 saturated carbocycles. The van der Waals surface area contributed by atoms with Gasteiger partial charge in [0.15, 0.2) is 0 Å². The van der Waals surface area contributed by atoms with Gasteiger partial charge in [-0.25, -0.2) is 9.97 Å². The number of piperidine rings is 1. The first-order valence-electron chi connectivity index (χ1n) is 7.06. The fourth-order valence-corrected chi connectivity index (χ4v) is 3.34. The summed E-state index contributed by atoms with van der Waals surface area (Å²) in [6.45, 7) is 8.29. The van der Waals surface area contributed by atoms with Gasteiger partial charge in [-0.1, -0.05) is 6.92 Å². The molecule has 2 fully saturated rings. The lowest BCUT2D eigenvalue weighted by atomic mass is 9.78. The summed E-state index contributed by atoms with van der Waals surface area (Å²) in [6, 6.07) is 1.88. The molecule has 2 aliphatic rings. The van der Waals surface area contributed by atoms with Gasteiger partial charge < -0.3 is 9.80 Å². The van der Waals surface area contributed by atoms with E-state index in [0.29, 0.717) is 5.41 Å². The maximum absolute atomic E-state index is 4.35. The zero-order chi connectivity index (χ0) is 12.4. The molecule has 0 bridgehead atoms. The third kappa shape index (κ3) is 2.21. The van der Waals surface area contributed by atoms with Gasteiger partial charge in [-0.2, -0.15) is 0 Å². The van der Waals surface area contributed by atoms with Crippen molar-refractivity contribution in [2.75, 3.05) is 37.6 Å². The Morgan fingerprint density at radius 1 is 1.11 bits per heavy atom. The van der Waals surface area contributed by atoms with Crippen molar-refractivity contribution in [1.82, 2.24) is 14.9 Å². The second-order valence-electron chi connectivity index (χ2n) is 5.65. The zero-order valence-corrected chi connectivity index (χ0v) is 11.2. The smallest absolute Gasteiger partial charge is 0.225 e. The van der Waals surface area contributed by atoms with Gasteiger partial charge in [-0.15, -0.1) is 0 Å². The lowest BCUT2D eigenvalue weighted by molar-refractivity contribution is 0.212. The molecular formula is C14H22N4. The summed E-state index contributed by atoms with van der Waals surface area (Å²) < 4.78 is 0. The molecule has 98 valence electrons. The highest BCUT2D eigenvalue weighted by atomic mass is 15.3. The Kier molecular flexibility index (Phi) is 3.20. The number of anilines is 1. The van der Waals surface area contributed by atoms with Gasteiger partial charge in [0.05, 0.1) is 0 Å². The minimum absolute atomic E-state index is 0.585. The van der Waals surface area contributed by atoms with Crippen molar-refractivity contribution in [2.24, 2.45) is 5.41 Å². The Bertz CT molecular complexity index is 384. The Morgan fingerprint density at radius 3 is 2.39 bits per heavy atom. The first-order valence-corrected chi connectivity index (χ1v) is 7.06. The van der Waals surface area contributed by atoms with Crippen LogP contribution in [0.15, 0.2) is 18.5 Å². The second kappa shape index (κ2) is 4.84. The van der Waals surface area contributed by atoms with Crippen LogP contribution in [0.3, 0.4) is 0 Å². The fraction of sp³-hybridized carbons (Fsp3) is 0.714. The highest BCUT2D eigenvalue weighted by Crippen LogP contribution is 2.40. The van der Waals surface area contributed by atoms with Crippen molar-refractivity contribution in [3.63, 3.8) is 0 Å². The predicted molar refractivity (Wildman–Crippen MR) is 72.6 cm³/mol. The van der Waals surface area contributed by atoms with E-state index < -0.39 is 0 Å². The monoisotopic (exact) mass is 246 g/mol. The summed E-state index contributed by atoms with van der Waals surface area (Å²) in [5.41, 5.74) is 0.585. The summed E-state index contributed by atoms with van der Waals surface area (Å²) >= 11 is 0. The maximum Gasteiger partial charge on any atom is 0.225 e. The molecule has 0 unspecified atom stereocenters. The Balaban J connectivity index is 1.62. The van der Waals surface area contributed by atoms with Crippen molar-refractivity contribution < 1.29 is 0 Å². The second-order valence-corrected chi connectivity index (χ2v) is 5.65. The van der Waals surface area contributed by atoms with Crippen molar-refractivity contribution >= 4 is 5.95 Å². The van der Waals surface area contributed by atoms with E-state index in [1.807, 2.05) is 18.5 Å². The zero-order valence-electron chi connectivity index (χ0n) is 11.2. The number of hydrogen-bond donors (Lipinski definition) is 0. The quantitative estimate of drug-likeness (QED) is 0.796. The Morgan fingerprint density at radius 2 is 1.78 bits per heavy atom. The highest BCUT2D eigenvalue weighted by Gasteiger charge is 2.40. The van der Waals surface area contributed by atoms with Gasteiger partial charge in [-0.05, 0) is 43.8 Å². The summed E-state index contributed by atoms with van der Waals surface area (Å²) in [5.74, 6) is 0.901. The molecule has 2 saturated heterocycles. The minimum atomic E-state index is 0.585. The van der Waals surface area contributed by atoms with E-state index in [-0.39, 0.29) is 0 Å². The Hall–Kier alpha value is -1.16. The van der Waals surface area contributed by atoms with Crippen LogP contribution in [0.4, 0.5) is 5.95 Å². The summed E-state index contributed by atoms with van der Waals surface area (Å²) in [4.78, 5) is 13.6. The van der Waals surface area contributed by atoms with E-state index in [1.165, 1.54) is 38.9 Å². The molecule has 2 aliphatic heterocycles. The van der Waals surface area contributed by atoms with Gasteiger partial charge in [-0.3, -0.25) is 0 Å². The molecule has 18 heavy (non-hydrogen) atoms. The van der Waals surface area contributed by atoms with Gasteiger partial charge in [0.2, 0.25) is 5.95 Å². The molecular weight excluding hydrogens is 224 g/mol. The molecule has 0 N–H and O–H groups in total. The first kappa shape index (κ1) is 11.9. The van der Waals surface area contributed by atoms with Gasteiger partial charge in [0, 0.05) is 32.0 Å². The van der Waals surface area contributed by atoms with Gasteiger partial charge >= 0.3 is 0 Å². The van der Waals surface area contributed by atoms with E-state index in [2.05, 4.69) is 26.7 Å². The predicted octanol–water partition coefficient (Wildman–Crippen LogP) is 1.79. The molecule has 0 aromatic carbocycles. The summed E-state index contributed by atoms with van der Waals surface area (Å²) in [5, 5.41) is 0. The SMILES string of the molecule is CCN1CCC2(CCN(c3ncccn3)CC2)C1. The molecule has 1 aromatic heterocycles. The van der Waals surface area contributed by atoms with Crippen molar-refractivity contribution in [1.29, 1.82) is 0 Å². The van der Waals surface area contributed by atoms with Crippen molar-refractivity contribution in [3.8, 4) is 0 Å². The average molecular weight is 246 g/mol. The third-order valence-corrected chi connectivity index (χ3v) is 4.62. The number of hydrogen-bond acceptors (Lipinski definition) is 4. The topological polar surface area (TPSA) is 32.3 Å². The van der Waals surface area contributed by atoms with Crippen molar-refractivity contribution in [3.05, 3.63) is 18.5 Å². The molecule has 0 amide bonds. The number of rotatable bonds is 2. The van der Waals surface area contributed by atoms with Crippen LogP contribution in [0.25, 0.3) is 0 Å². The lowest BCUT2D eigenvalue weighted by Gasteiger charge is -2.39.